The number of carbonyl (C=O) groups is 1. The van der Waals surface area contributed by atoms with E-state index in [1.807, 2.05) is 49.6 Å². The molecule has 1 amide bonds. The van der Waals surface area contributed by atoms with Crippen molar-refractivity contribution in [3.8, 4) is 11.4 Å². The second-order valence-electron chi connectivity index (χ2n) is 5.64. The lowest BCUT2D eigenvalue weighted by Gasteiger charge is -2.27. The van der Waals surface area contributed by atoms with E-state index in [1.54, 1.807) is 18.6 Å². The van der Waals surface area contributed by atoms with Crippen LogP contribution in [0.4, 0.5) is 0 Å². The van der Waals surface area contributed by atoms with Crippen molar-refractivity contribution in [1.29, 1.82) is 0 Å². The van der Waals surface area contributed by atoms with Crippen molar-refractivity contribution in [2.45, 2.75) is 25.8 Å². The first kappa shape index (κ1) is 16.3. The second kappa shape index (κ2) is 6.88. The van der Waals surface area contributed by atoms with Crippen LogP contribution in [-0.2, 0) is 5.54 Å². The summed E-state index contributed by atoms with van der Waals surface area (Å²) in [5.74, 6) is 0.402. The fourth-order valence-electron chi connectivity index (χ4n) is 2.29. The highest BCUT2D eigenvalue weighted by Crippen LogP contribution is 2.26. The maximum absolute atomic E-state index is 12.5. The van der Waals surface area contributed by atoms with Crippen molar-refractivity contribution in [3.63, 3.8) is 0 Å². The number of carbonyl (C=O) groups excluding carboxylic acids is 1. The number of nitrogens with zero attached hydrogens (tertiary/aromatic N) is 3. The van der Waals surface area contributed by atoms with Crippen LogP contribution in [0, 0.1) is 0 Å². The van der Waals surface area contributed by atoms with Crippen LogP contribution in [0.25, 0.3) is 11.4 Å². The number of thiazole rings is 1. The molecule has 0 aliphatic rings. The molecule has 0 fully saturated rings. The van der Waals surface area contributed by atoms with Gasteiger partial charge in [-0.2, -0.15) is 0 Å². The predicted octanol–water partition coefficient (Wildman–Crippen LogP) is 3.66. The van der Waals surface area contributed by atoms with Crippen molar-refractivity contribution in [2.75, 3.05) is 0 Å². The fraction of sp³-hybridized carbons (Fsp3) is 0.222. The average Bonchev–Trinajstić information content (AvgIpc) is 3.18. The lowest BCUT2D eigenvalue weighted by Crippen LogP contribution is -2.43. The Kier molecular flexibility index (Phi) is 4.66. The third kappa shape index (κ3) is 3.33. The van der Waals surface area contributed by atoms with Gasteiger partial charge in [-0.3, -0.25) is 4.79 Å². The molecule has 1 N–H and O–H groups in total. The van der Waals surface area contributed by atoms with Crippen LogP contribution >= 0.6 is 11.3 Å². The number of benzene rings is 1. The lowest BCUT2D eigenvalue weighted by molar-refractivity contribution is 0.0901. The summed E-state index contributed by atoms with van der Waals surface area (Å²) in [6.45, 7) is 4.00. The highest BCUT2D eigenvalue weighted by Gasteiger charge is 2.29. The van der Waals surface area contributed by atoms with Crippen molar-refractivity contribution in [1.82, 2.24) is 20.3 Å². The molecule has 0 spiro atoms. The molecular formula is C18H18N4OS. The predicted molar refractivity (Wildman–Crippen MR) is 94.7 cm³/mol. The summed E-state index contributed by atoms with van der Waals surface area (Å²) >= 11 is 1.53. The van der Waals surface area contributed by atoms with Crippen molar-refractivity contribution < 1.29 is 4.79 Å². The third-order valence-electron chi connectivity index (χ3n) is 3.95. The maximum Gasteiger partial charge on any atom is 0.255 e. The molecule has 0 bridgehead atoms. The first-order chi connectivity index (χ1) is 11.6. The van der Waals surface area contributed by atoms with Crippen LogP contribution in [0.15, 0.2) is 54.3 Å². The average molecular weight is 338 g/mol. The molecule has 0 aliphatic carbocycles. The maximum atomic E-state index is 12.5. The Morgan fingerprint density at radius 2 is 1.88 bits per heavy atom. The van der Waals surface area contributed by atoms with Gasteiger partial charge in [0.15, 0.2) is 5.82 Å². The molecule has 1 atom stereocenters. The minimum absolute atomic E-state index is 0.200. The zero-order valence-corrected chi connectivity index (χ0v) is 14.4. The standard InChI is InChI=1S/C18H18N4OS/c1-3-18(2,17-19-9-10-24-17)22-16(23)14-11-20-15(21-12-14)13-7-5-4-6-8-13/h4-12H,3H2,1-2H3,(H,22,23)/t18-/m0/s1. The number of rotatable bonds is 5. The molecule has 0 radical (unpaired) electrons. The zero-order valence-electron chi connectivity index (χ0n) is 13.6. The Morgan fingerprint density at radius 3 is 2.46 bits per heavy atom. The van der Waals surface area contributed by atoms with Crippen LogP contribution in [0.2, 0.25) is 0 Å². The van der Waals surface area contributed by atoms with Gasteiger partial charge >= 0.3 is 0 Å². The van der Waals surface area contributed by atoms with Gasteiger partial charge < -0.3 is 5.32 Å². The van der Waals surface area contributed by atoms with E-state index in [4.69, 9.17) is 0 Å². The Morgan fingerprint density at radius 1 is 1.17 bits per heavy atom. The van der Waals surface area contributed by atoms with Gasteiger partial charge in [0.05, 0.1) is 11.1 Å². The molecule has 1 aromatic carbocycles. The van der Waals surface area contributed by atoms with E-state index in [2.05, 4.69) is 20.3 Å². The largest absolute Gasteiger partial charge is 0.340 e. The van der Waals surface area contributed by atoms with E-state index in [0.717, 1.165) is 17.0 Å². The van der Waals surface area contributed by atoms with Crippen LogP contribution in [0.3, 0.4) is 0 Å². The van der Waals surface area contributed by atoms with E-state index in [9.17, 15) is 4.79 Å². The van der Waals surface area contributed by atoms with E-state index in [0.29, 0.717) is 11.4 Å². The lowest BCUT2D eigenvalue weighted by atomic mass is 9.99. The first-order valence-electron chi connectivity index (χ1n) is 7.72. The SMILES string of the molecule is CC[C@](C)(NC(=O)c1cnc(-c2ccccc2)nc1)c1nccs1. The minimum Gasteiger partial charge on any atom is -0.340 e. The Bertz CT molecular complexity index is 803. The van der Waals surface area contributed by atoms with Gasteiger partial charge in [0.2, 0.25) is 0 Å². The topological polar surface area (TPSA) is 67.8 Å². The molecule has 122 valence electrons. The van der Waals surface area contributed by atoms with Crippen molar-refractivity contribution >= 4 is 17.2 Å². The van der Waals surface area contributed by atoms with Gasteiger partial charge in [-0.05, 0) is 13.3 Å². The molecular weight excluding hydrogens is 320 g/mol. The van der Waals surface area contributed by atoms with E-state index >= 15 is 0 Å². The number of nitrogens with one attached hydrogen (secondary N) is 1. The smallest absolute Gasteiger partial charge is 0.255 e. The molecule has 0 aliphatic heterocycles. The van der Waals surface area contributed by atoms with E-state index in [-0.39, 0.29) is 5.91 Å². The monoisotopic (exact) mass is 338 g/mol. The highest BCUT2D eigenvalue weighted by atomic mass is 32.1. The van der Waals surface area contributed by atoms with Crippen LogP contribution in [-0.4, -0.2) is 20.9 Å². The van der Waals surface area contributed by atoms with E-state index in [1.165, 1.54) is 11.3 Å². The molecule has 0 saturated carbocycles. The van der Waals surface area contributed by atoms with Crippen LogP contribution < -0.4 is 5.32 Å². The fourth-order valence-corrected chi connectivity index (χ4v) is 3.12. The molecule has 2 heterocycles. The Labute approximate surface area is 144 Å². The van der Waals surface area contributed by atoms with Crippen molar-refractivity contribution in [2.24, 2.45) is 0 Å². The van der Waals surface area contributed by atoms with Crippen LogP contribution in [0.1, 0.15) is 35.6 Å². The number of hydrogen-bond donors (Lipinski definition) is 1. The normalized spacial score (nSPS) is 13.2. The van der Waals surface area contributed by atoms with Crippen LogP contribution in [0.5, 0.6) is 0 Å². The molecule has 3 rings (SSSR count). The number of hydrogen-bond acceptors (Lipinski definition) is 5. The summed E-state index contributed by atoms with van der Waals surface area (Å²) in [6, 6.07) is 9.67. The first-order valence-corrected chi connectivity index (χ1v) is 8.60. The summed E-state index contributed by atoms with van der Waals surface area (Å²) in [5, 5.41) is 5.85. The van der Waals surface area contributed by atoms with E-state index < -0.39 is 5.54 Å². The van der Waals surface area contributed by atoms with Gasteiger partial charge in [0.25, 0.3) is 5.91 Å². The summed E-state index contributed by atoms with van der Waals surface area (Å²) in [6.07, 6.45) is 5.61. The second-order valence-corrected chi connectivity index (χ2v) is 6.53. The van der Waals surface area contributed by atoms with Gasteiger partial charge in [-0.15, -0.1) is 11.3 Å². The number of amides is 1. The third-order valence-corrected chi connectivity index (χ3v) is 4.98. The van der Waals surface area contributed by atoms with Crippen molar-refractivity contribution in [3.05, 3.63) is 64.9 Å². The van der Waals surface area contributed by atoms with Gasteiger partial charge in [-0.1, -0.05) is 37.3 Å². The van der Waals surface area contributed by atoms with Gasteiger partial charge in [0.1, 0.15) is 5.01 Å². The number of aromatic nitrogens is 3. The summed E-state index contributed by atoms with van der Waals surface area (Å²) < 4.78 is 0. The van der Waals surface area contributed by atoms with Gasteiger partial charge in [0, 0.05) is 29.5 Å². The Hall–Kier alpha value is -2.60. The minimum atomic E-state index is -0.497. The summed E-state index contributed by atoms with van der Waals surface area (Å²) in [5.41, 5.74) is 0.861. The molecule has 5 nitrogen and oxygen atoms in total. The van der Waals surface area contributed by atoms with Gasteiger partial charge in [-0.25, -0.2) is 15.0 Å². The summed E-state index contributed by atoms with van der Waals surface area (Å²) in [7, 11) is 0. The quantitative estimate of drug-likeness (QED) is 0.771. The molecule has 24 heavy (non-hydrogen) atoms. The Balaban J connectivity index is 1.78. The molecule has 0 unspecified atom stereocenters. The molecule has 6 heteroatoms. The molecule has 2 aromatic heterocycles. The summed E-state index contributed by atoms with van der Waals surface area (Å²) in [4.78, 5) is 25.5. The highest BCUT2D eigenvalue weighted by molar-refractivity contribution is 7.09. The molecule has 3 aromatic rings. The zero-order chi connectivity index (χ0) is 17.0. The molecule has 0 saturated heterocycles.